The van der Waals surface area contributed by atoms with E-state index in [2.05, 4.69) is 25.3 Å². The van der Waals surface area contributed by atoms with E-state index in [9.17, 15) is 14.4 Å². The Morgan fingerprint density at radius 1 is 1.29 bits per heavy atom. The van der Waals surface area contributed by atoms with E-state index in [1.165, 1.54) is 13.3 Å². The molecule has 1 N–H and O–H groups in total. The fourth-order valence-corrected chi connectivity index (χ4v) is 3.93. The maximum atomic E-state index is 13.0. The third-order valence-electron chi connectivity index (χ3n) is 5.71. The van der Waals surface area contributed by atoms with Crippen molar-refractivity contribution in [2.45, 2.75) is 38.6 Å². The predicted molar refractivity (Wildman–Crippen MR) is 123 cm³/mol. The Balaban J connectivity index is 1.66. The molecule has 0 atom stereocenters. The Labute approximate surface area is 197 Å². The standard InChI is InChI=1S/C23H27N7O4/c1-15-25-14-19(22(32)26-13-16-4-3-5-18(12-16)23(33)34-2)21(28-15)17-7-10-30(11-8-17)20(31)6-9-27-29-24/h3-5,12,14,17H,6-11,13H2,1-2H3,(H,26,32). The van der Waals surface area contributed by atoms with Crippen LogP contribution < -0.4 is 5.32 Å². The summed E-state index contributed by atoms with van der Waals surface area (Å²) in [6, 6.07) is 6.87. The van der Waals surface area contributed by atoms with E-state index in [0.717, 1.165) is 5.56 Å². The van der Waals surface area contributed by atoms with Crippen molar-refractivity contribution < 1.29 is 19.1 Å². The first-order valence-electron chi connectivity index (χ1n) is 11.0. The van der Waals surface area contributed by atoms with Crippen LogP contribution in [0.25, 0.3) is 10.4 Å². The molecule has 1 aliphatic rings. The second-order valence-electron chi connectivity index (χ2n) is 7.95. The smallest absolute Gasteiger partial charge is 0.337 e. The van der Waals surface area contributed by atoms with Crippen LogP contribution in [0.1, 0.15) is 63.0 Å². The Hall–Kier alpha value is -3.98. The molecule has 0 spiro atoms. The molecular weight excluding hydrogens is 438 g/mol. The Bertz CT molecular complexity index is 1110. The minimum atomic E-state index is -0.440. The summed E-state index contributed by atoms with van der Waals surface area (Å²) < 4.78 is 4.74. The number of azide groups is 1. The van der Waals surface area contributed by atoms with Gasteiger partial charge in [-0.05, 0) is 43.0 Å². The van der Waals surface area contributed by atoms with Crippen molar-refractivity contribution in [2.75, 3.05) is 26.7 Å². The fraction of sp³-hybridized carbons (Fsp3) is 0.435. The van der Waals surface area contributed by atoms with E-state index in [4.69, 9.17) is 10.3 Å². The molecule has 0 saturated carbocycles. The van der Waals surface area contributed by atoms with Crippen LogP contribution in [0, 0.1) is 6.92 Å². The van der Waals surface area contributed by atoms with Gasteiger partial charge in [-0.15, -0.1) is 0 Å². The number of methoxy groups -OCH3 is 1. The number of hydrogen-bond donors (Lipinski definition) is 1. The molecule has 2 heterocycles. The molecule has 34 heavy (non-hydrogen) atoms. The zero-order chi connectivity index (χ0) is 24.5. The SMILES string of the molecule is COC(=O)c1cccc(CNC(=O)c2cnc(C)nc2C2CCN(C(=O)CCN=[N+]=[N-])CC2)c1. The number of likely N-dealkylation sites (tertiary alicyclic amines) is 1. The lowest BCUT2D eigenvalue weighted by Crippen LogP contribution is -2.38. The second-order valence-corrected chi connectivity index (χ2v) is 7.95. The van der Waals surface area contributed by atoms with Crippen LogP contribution in [0.5, 0.6) is 0 Å². The van der Waals surface area contributed by atoms with Gasteiger partial charge in [-0.3, -0.25) is 9.59 Å². The van der Waals surface area contributed by atoms with Gasteiger partial charge in [0.15, 0.2) is 0 Å². The number of nitrogens with zero attached hydrogens (tertiary/aromatic N) is 6. The van der Waals surface area contributed by atoms with Crippen molar-refractivity contribution in [1.82, 2.24) is 20.2 Å². The Morgan fingerprint density at radius 3 is 2.76 bits per heavy atom. The summed E-state index contributed by atoms with van der Waals surface area (Å²) in [4.78, 5) is 50.2. The van der Waals surface area contributed by atoms with Crippen LogP contribution in [-0.2, 0) is 16.1 Å². The van der Waals surface area contributed by atoms with E-state index < -0.39 is 5.97 Å². The summed E-state index contributed by atoms with van der Waals surface area (Å²) in [5.41, 5.74) is 10.6. The van der Waals surface area contributed by atoms with Gasteiger partial charge in [0.25, 0.3) is 5.91 Å². The van der Waals surface area contributed by atoms with Crippen LogP contribution in [0.3, 0.4) is 0 Å². The van der Waals surface area contributed by atoms with Crippen molar-refractivity contribution in [3.63, 3.8) is 0 Å². The number of piperidine rings is 1. The summed E-state index contributed by atoms with van der Waals surface area (Å²) in [7, 11) is 1.32. The highest BCUT2D eigenvalue weighted by atomic mass is 16.5. The largest absolute Gasteiger partial charge is 0.465 e. The summed E-state index contributed by atoms with van der Waals surface area (Å²) >= 11 is 0. The van der Waals surface area contributed by atoms with E-state index >= 15 is 0 Å². The molecule has 0 unspecified atom stereocenters. The molecule has 11 heteroatoms. The third kappa shape index (κ3) is 6.29. The number of benzene rings is 1. The molecule has 3 rings (SSSR count). The summed E-state index contributed by atoms with van der Waals surface area (Å²) in [6.07, 6.45) is 3.07. The molecule has 178 valence electrons. The Morgan fingerprint density at radius 2 is 2.06 bits per heavy atom. The molecule has 11 nitrogen and oxygen atoms in total. The first kappa shape index (κ1) is 24.7. The number of esters is 1. The van der Waals surface area contributed by atoms with Crippen molar-refractivity contribution in [3.8, 4) is 0 Å². The average Bonchev–Trinajstić information content (AvgIpc) is 2.87. The summed E-state index contributed by atoms with van der Waals surface area (Å²) in [6.45, 7) is 3.24. The van der Waals surface area contributed by atoms with Crippen LogP contribution in [0.4, 0.5) is 0 Å². The number of carbonyl (C=O) groups excluding carboxylic acids is 3. The molecule has 1 aliphatic heterocycles. The van der Waals surface area contributed by atoms with Crippen LogP contribution >= 0.6 is 0 Å². The van der Waals surface area contributed by atoms with Crippen molar-refractivity contribution in [2.24, 2.45) is 5.11 Å². The first-order chi connectivity index (χ1) is 16.4. The molecule has 1 aromatic heterocycles. The molecule has 1 saturated heterocycles. The minimum Gasteiger partial charge on any atom is -0.465 e. The lowest BCUT2D eigenvalue weighted by Gasteiger charge is -2.32. The van der Waals surface area contributed by atoms with Gasteiger partial charge < -0.3 is 15.0 Å². The van der Waals surface area contributed by atoms with Gasteiger partial charge in [-0.2, -0.15) is 0 Å². The quantitative estimate of drug-likeness (QED) is 0.274. The summed E-state index contributed by atoms with van der Waals surface area (Å²) in [5.74, 6) is -0.190. The Kier molecular flexibility index (Phi) is 8.53. The van der Waals surface area contributed by atoms with Gasteiger partial charge in [0.2, 0.25) is 5.91 Å². The molecule has 1 aromatic carbocycles. The van der Waals surface area contributed by atoms with Crippen LogP contribution in [0.2, 0.25) is 0 Å². The van der Waals surface area contributed by atoms with Crippen molar-refractivity contribution >= 4 is 17.8 Å². The third-order valence-corrected chi connectivity index (χ3v) is 5.71. The maximum absolute atomic E-state index is 13.0. The van der Waals surface area contributed by atoms with Gasteiger partial charge in [0.1, 0.15) is 5.82 Å². The van der Waals surface area contributed by atoms with Gasteiger partial charge in [-0.25, -0.2) is 14.8 Å². The fourth-order valence-electron chi connectivity index (χ4n) is 3.93. The predicted octanol–water partition coefficient (Wildman–Crippen LogP) is 2.91. The number of ether oxygens (including phenoxy) is 1. The average molecular weight is 466 g/mol. The number of aryl methyl sites for hydroxylation is 1. The topological polar surface area (TPSA) is 150 Å². The molecule has 0 radical (unpaired) electrons. The zero-order valence-corrected chi connectivity index (χ0v) is 19.2. The number of nitrogens with one attached hydrogen (secondary N) is 1. The van der Waals surface area contributed by atoms with E-state index in [1.807, 2.05) is 6.07 Å². The van der Waals surface area contributed by atoms with Crippen molar-refractivity contribution in [1.29, 1.82) is 0 Å². The normalized spacial score (nSPS) is 13.6. The highest BCUT2D eigenvalue weighted by Gasteiger charge is 2.28. The summed E-state index contributed by atoms with van der Waals surface area (Å²) in [5, 5.41) is 6.29. The molecule has 0 bridgehead atoms. The maximum Gasteiger partial charge on any atom is 0.337 e. The molecule has 1 fully saturated rings. The van der Waals surface area contributed by atoms with Crippen LogP contribution in [0.15, 0.2) is 35.6 Å². The van der Waals surface area contributed by atoms with Gasteiger partial charge in [0.05, 0.1) is 23.9 Å². The number of rotatable bonds is 8. The van der Waals surface area contributed by atoms with Crippen molar-refractivity contribution in [3.05, 3.63) is 69.1 Å². The second kappa shape index (κ2) is 11.8. The van der Waals surface area contributed by atoms with Gasteiger partial charge in [-0.1, -0.05) is 17.2 Å². The number of hydrogen-bond acceptors (Lipinski definition) is 7. The zero-order valence-electron chi connectivity index (χ0n) is 19.2. The lowest BCUT2D eigenvalue weighted by atomic mass is 9.90. The lowest BCUT2D eigenvalue weighted by molar-refractivity contribution is -0.132. The molecule has 2 amide bonds. The molecule has 2 aromatic rings. The van der Waals surface area contributed by atoms with E-state index in [-0.39, 0.29) is 37.2 Å². The number of carbonyl (C=O) groups is 3. The number of aromatic nitrogens is 2. The van der Waals surface area contributed by atoms with Gasteiger partial charge >= 0.3 is 5.97 Å². The van der Waals surface area contributed by atoms with Crippen LogP contribution in [-0.4, -0.2) is 59.4 Å². The van der Waals surface area contributed by atoms with Gasteiger partial charge in [0, 0.05) is 49.6 Å². The highest BCUT2D eigenvalue weighted by molar-refractivity contribution is 5.95. The van der Waals surface area contributed by atoms with E-state index in [0.29, 0.717) is 48.6 Å². The molecule has 0 aliphatic carbocycles. The number of amides is 2. The molecular formula is C23H27N7O4. The first-order valence-corrected chi connectivity index (χ1v) is 11.0. The van der Waals surface area contributed by atoms with E-state index in [1.54, 1.807) is 30.0 Å². The monoisotopic (exact) mass is 465 g/mol. The highest BCUT2D eigenvalue weighted by Crippen LogP contribution is 2.29. The minimum absolute atomic E-state index is 0.0197.